The Morgan fingerprint density at radius 3 is 2.71 bits per heavy atom. The number of hydrogen-bond donors (Lipinski definition) is 1. The third-order valence-electron chi connectivity index (χ3n) is 2.76. The summed E-state index contributed by atoms with van der Waals surface area (Å²) in [4.78, 5) is 25.4. The van der Waals surface area contributed by atoms with Gasteiger partial charge in [-0.3, -0.25) is 15.1 Å². The number of benzene rings is 1. The highest BCUT2D eigenvalue weighted by Gasteiger charge is 2.24. The van der Waals surface area contributed by atoms with Crippen LogP contribution in [0.15, 0.2) is 42.6 Å². The predicted molar refractivity (Wildman–Crippen MR) is 73.5 cm³/mol. The SMILES string of the molecule is O=C(O)c1c(OCCc2ccccn2)cccc1[N+](=O)[O-]. The van der Waals surface area contributed by atoms with Crippen LogP contribution in [0.25, 0.3) is 0 Å². The first-order chi connectivity index (χ1) is 10.1. The maximum Gasteiger partial charge on any atom is 0.346 e. The van der Waals surface area contributed by atoms with Gasteiger partial charge in [-0.15, -0.1) is 0 Å². The van der Waals surface area contributed by atoms with E-state index in [1.165, 1.54) is 12.1 Å². The molecule has 21 heavy (non-hydrogen) atoms. The molecule has 0 fully saturated rings. The summed E-state index contributed by atoms with van der Waals surface area (Å²) in [6.07, 6.45) is 2.12. The summed E-state index contributed by atoms with van der Waals surface area (Å²) in [5.41, 5.74) is -0.138. The highest BCUT2D eigenvalue weighted by atomic mass is 16.6. The number of carbonyl (C=O) groups is 1. The van der Waals surface area contributed by atoms with Crippen LogP contribution >= 0.6 is 0 Å². The van der Waals surface area contributed by atoms with Crippen molar-refractivity contribution in [3.63, 3.8) is 0 Å². The molecular formula is C14H12N2O5. The number of rotatable bonds is 6. The minimum atomic E-state index is -1.39. The third kappa shape index (κ3) is 3.53. The zero-order chi connectivity index (χ0) is 15.2. The van der Waals surface area contributed by atoms with E-state index in [9.17, 15) is 14.9 Å². The Bertz CT molecular complexity index is 658. The van der Waals surface area contributed by atoms with Gasteiger partial charge in [0, 0.05) is 24.4 Å². The first kappa shape index (κ1) is 14.4. The highest BCUT2D eigenvalue weighted by Crippen LogP contribution is 2.28. The minimum absolute atomic E-state index is 0.0207. The van der Waals surface area contributed by atoms with Gasteiger partial charge in [-0.1, -0.05) is 12.1 Å². The van der Waals surface area contributed by atoms with Gasteiger partial charge in [-0.25, -0.2) is 4.79 Å². The van der Waals surface area contributed by atoms with Crippen molar-refractivity contribution in [3.8, 4) is 5.75 Å². The molecule has 0 saturated heterocycles. The number of aromatic nitrogens is 1. The second kappa shape index (κ2) is 6.47. The maximum atomic E-state index is 11.2. The number of hydrogen-bond acceptors (Lipinski definition) is 5. The number of carboxylic acid groups (broad SMARTS) is 1. The van der Waals surface area contributed by atoms with Crippen LogP contribution in [0.5, 0.6) is 5.75 Å². The summed E-state index contributed by atoms with van der Waals surface area (Å²) in [6, 6.07) is 9.35. The Hall–Kier alpha value is -2.96. The number of pyridine rings is 1. The molecule has 1 heterocycles. The van der Waals surface area contributed by atoms with Crippen LogP contribution in [0.3, 0.4) is 0 Å². The summed E-state index contributed by atoms with van der Waals surface area (Å²) in [5.74, 6) is -1.41. The van der Waals surface area contributed by atoms with Gasteiger partial charge in [0.15, 0.2) is 5.56 Å². The zero-order valence-corrected chi connectivity index (χ0v) is 10.9. The molecule has 7 heteroatoms. The smallest absolute Gasteiger partial charge is 0.346 e. The Morgan fingerprint density at radius 2 is 2.10 bits per heavy atom. The molecule has 1 aromatic carbocycles. The van der Waals surface area contributed by atoms with Crippen molar-refractivity contribution >= 4 is 11.7 Å². The number of nitro benzene ring substituents is 1. The van der Waals surface area contributed by atoms with Crippen LogP contribution in [-0.2, 0) is 6.42 Å². The molecule has 1 aromatic heterocycles. The Labute approximate surface area is 120 Å². The molecule has 0 amide bonds. The van der Waals surface area contributed by atoms with Gasteiger partial charge in [0.25, 0.3) is 5.69 Å². The standard InChI is InChI=1S/C14H12N2O5/c17-14(18)13-11(16(19)20)5-3-6-12(13)21-9-7-10-4-1-2-8-15-10/h1-6,8H,7,9H2,(H,17,18). The van der Waals surface area contributed by atoms with Crippen molar-refractivity contribution in [2.75, 3.05) is 6.61 Å². The van der Waals surface area contributed by atoms with Crippen LogP contribution in [0.2, 0.25) is 0 Å². The van der Waals surface area contributed by atoms with Crippen molar-refractivity contribution in [1.82, 2.24) is 4.98 Å². The van der Waals surface area contributed by atoms with Crippen LogP contribution in [0, 0.1) is 10.1 Å². The van der Waals surface area contributed by atoms with E-state index in [1.54, 1.807) is 12.3 Å². The minimum Gasteiger partial charge on any atom is -0.492 e. The average Bonchev–Trinajstić information content (AvgIpc) is 2.47. The fourth-order valence-electron chi connectivity index (χ4n) is 1.82. The first-order valence-electron chi connectivity index (χ1n) is 6.13. The first-order valence-corrected chi connectivity index (χ1v) is 6.13. The molecule has 0 aliphatic heterocycles. The van der Waals surface area contributed by atoms with Crippen molar-refractivity contribution in [3.05, 3.63) is 64.0 Å². The molecular weight excluding hydrogens is 276 g/mol. The van der Waals surface area contributed by atoms with E-state index in [0.29, 0.717) is 6.42 Å². The average molecular weight is 288 g/mol. The van der Waals surface area contributed by atoms with E-state index in [2.05, 4.69) is 4.98 Å². The Morgan fingerprint density at radius 1 is 1.29 bits per heavy atom. The van der Waals surface area contributed by atoms with Crippen LogP contribution < -0.4 is 4.74 Å². The molecule has 0 unspecified atom stereocenters. The quantitative estimate of drug-likeness (QED) is 0.646. The van der Waals surface area contributed by atoms with Gasteiger partial charge in [-0.05, 0) is 18.2 Å². The van der Waals surface area contributed by atoms with Gasteiger partial charge >= 0.3 is 5.97 Å². The second-order valence-corrected chi connectivity index (χ2v) is 4.13. The monoisotopic (exact) mass is 288 g/mol. The number of nitro groups is 1. The molecule has 0 saturated carbocycles. The summed E-state index contributed by atoms with van der Waals surface area (Å²) >= 11 is 0. The van der Waals surface area contributed by atoms with E-state index in [4.69, 9.17) is 9.84 Å². The lowest BCUT2D eigenvalue weighted by molar-refractivity contribution is -0.385. The fraction of sp³-hybridized carbons (Fsp3) is 0.143. The van der Waals surface area contributed by atoms with Gasteiger partial charge < -0.3 is 9.84 Å². The predicted octanol–water partition coefficient (Wildman–Crippen LogP) is 2.31. The van der Waals surface area contributed by atoms with E-state index in [1.807, 2.05) is 12.1 Å². The molecule has 0 atom stereocenters. The summed E-state index contributed by atoms with van der Waals surface area (Å²) in [6.45, 7) is 0.179. The number of nitrogens with zero attached hydrogens (tertiary/aromatic N) is 2. The van der Waals surface area contributed by atoms with Crippen molar-refractivity contribution in [2.45, 2.75) is 6.42 Å². The second-order valence-electron chi connectivity index (χ2n) is 4.13. The lowest BCUT2D eigenvalue weighted by atomic mass is 10.1. The zero-order valence-electron chi connectivity index (χ0n) is 10.9. The Balaban J connectivity index is 2.14. The number of ether oxygens (including phenoxy) is 1. The van der Waals surface area contributed by atoms with E-state index < -0.39 is 22.1 Å². The van der Waals surface area contributed by atoms with Crippen LogP contribution in [0.4, 0.5) is 5.69 Å². The third-order valence-corrected chi connectivity index (χ3v) is 2.76. The largest absolute Gasteiger partial charge is 0.492 e. The van der Waals surface area contributed by atoms with Crippen LogP contribution in [-0.4, -0.2) is 27.6 Å². The normalized spacial score (nSPS) is 10.1. The summed E-state index contributed by atoms with van der Waals surface area (Å²) < 4.78 is 5.37. The molecule has 2 aromatic rings. The van der Waals surface area contributed by atoms with Gasteiger partial charge in [0.2, 0.25) is 0 Å². The maximum absolute atomic E-state index is 11.2. The number of carboxylic acids is 1. The fourth-order valence-corrected chi connectivity index (χ4v) is 1.82. The Kier molecular flexibility index (Phi) is 4.45. The van der Waals surface area contributed by atoms with Crippen molar-refractivity contribution in [2.24, 2.45) is 0 Å². The molecule has 108 valence electrons. The van der Waals surface area contributed by atoms with E-state index >= 15 is 0 Å². The molecule has 0 radical (unpaired) electrons. The van der Waals surface area contributed by atoms with Crippen LogP contribution in [0.1, 0.15) is 16.1 Å². The van der Waals surface area contributed by atoms with E-state index in [-0.39, 0.29) is 12.4 Å². The molecule has 0 aliphatic carbocycles. The molecule has 2 rings (SSSR count). The topological polar surface area (TPSA) is 103 Å². The molecule has 7 nitrogen and oxygen atoms in total. The lowest BCUT2D eigenvalue weighted by Crippen LogP contribution is -2.09. The lowest BCUT2D eigenvalue weighted by Gasteiger charge is -2.09. The molecule has 0 spiro atoms. The highest BCUT2D eigenvalue weighted by molar-refractivity contribution is 5.95. The van der Waals surface area contributed by atoms with E-state index in [0.717, 1.165) is 11.8 Å². The van der Waals surface area contributed by atoms with Crippen molar-refractivity contribution in [1.29, 1.82) is 0 Å². The molecule has 0 aliphatic rings. The molecule has 1 N–H and O–H groups in total. The van der Waals surface area contributed by atoms with Gasteiger partial charge in [-0.2, -0.15) is 0 Å². The van der Waals surface area contributed by atoms with Crippen molar-refractivity contribution < 1.29 is 19.6 Å². The van der Waals surface area contributed by atoms with Gasteiger partial charge in [0.1, 0.15) is 5.75 Å². The molecule has 0 bridgehead atoms. The number of aromatic carboxylic acids is 1. The summed E-state index contributed by atoms with van der Waals surface area (Å²) in [5, 5.41) is 20.0. The summed E-state index contributed by atoms with van der Waals surface area (Å²) in [7, 11) is 0. The van der Waals surface area contributed by atoms with Gasteiger partial charge in [0.05, 0.1) is 11.5 Å².